The predicted octanol–water partition coefficient (Wildman–Crippen LogP) is 0.630. The van der Waals surface area contributed by atoms with E-state index >= 15 is 0 Å². The Morgan fingerprint density at radius 2 is 1.88 bits per heavy atom. The van der Waals surface area contributed by atoms with Gasteiger partial charge in [-0.25, -0.2) is 0 Å². The van der Waals surface area contributed by atoms with E-state index in [2.05, 4.69) is 4.98 Å². The van der Waals surface area contributed by atoms with Crippen LogP contribution in [0.25, 0.3) is 11.1 Å². The Kier molecular flexibility index (Phi) is 5.46. The van der Waals surface area contributed by atoms with Gasteiger partial charge in [0, 0.05) is 5.56 Å². The lowest BCUT2D eigenvalue weighted by atomic mass is 9.96. The average molecular weight is 353 g/mol. The van der Waals surface area contributed by atoms with E-state index in [9.17, 15) is 20.1 Å². The van der Waals surface area contributed by atoms with Gasteiger partial charge in [0.05, 0.1) is 6.61 Å². The Balaban J connectivity index is 2.68. The molecule has 26 heavy (non-hydrogen) atoms. The highest BCUT2D eigenvalue weighted by Crippen LogP contribution is 2.35. The number of anilines is 1. The van der Waals surface area contributed by atoms with Gasteiger partial charge in [0.2, 0.25) is 0 Å². The number of nitrogens with one attached hydrogen (secondary N) is 1. The maximum Gasteiger partial charge on any atom is 0.268 e. The van der Waals surface area contributed by atoms with Crippen LogP contribution < -0.4 is 26.5 Å². The van der Waals surface area contributed by atoms with Gasteiger partial charge in [-0.05, 0) is 24.6 Å². The Labute approximate surface area is 148 Å². The summed E-state index contributed by atoms with van der Waals surface area (Å²) >= 11 is 0. The van der Waals surface area contributed by atoms with E-state index in [0.29, 0.717) is 12.2 Å². The van der Waals surface area contributed by atoms with Crippen LogP contribution in [0.3, 0.4) is 0 Å². The maximum atomic E-state index is 12.0. The molecule has 0 saturated carbocycles. The van der Waals surface area contributed by atoms with Gasteiger partial charge >= 0.3 is 0 Å². The van der Waals surface area contributed by atoms with Crippen molar-refractivity contribution < 1.29 is 14.3 Å². The summed E-state index contributed by atoms with van der Waals surface area (Å²) in [6.07, 6.45) is 0. The molecule has 0 aliphatic heterocycles. The van der Waals surface area contributed by atoms with Crippen molar-refractivity contribution >= 4 is 11.7 Å². The van der Waals surface area contributed by atoms with Crippen molar-refractivity contribution in [2.45, 2.75) is 6.92 Å². The number of pyridine rings is 1. The first-order chi connectivity index (χ1) is 12.4. The lowest BCUT2D eigenvalue weighted by molar-refractivity contribution is -0.119. The molecule has 0 atom stereocenters. The number of carbonyl (C=O) groups is 1. The number of ether oxygens (including phenoxy) is 2. The van der Waals surface area contributed by atoms with Gasteiger partial charge in [0.15, 0.2) is 18.1 Å². The fraction of sp³-hybridized carbons (Fsp3) is 0.176. The van der Waals surface area contributed by atoms with Crippen molar-refractivity contribution in [1.29, 1.82) is 10.5 Å². The molecule has 1 aromatic heterocycles. The van der Waals surface area contributed by atoms with Crippen LogP contribution in [0, 0.1) is 22.7 Å². The number of hydrogen-bond donors (Lipinski definition) is 3. The predicted molar refractivity (Wildman–Crippen MR) is 92.2 cm³/mol. The zero-order valence-electron chi connectivity index (χ0n) is 13.8. The summed E-state index contributed by atoms with van der Waals surface area (Å²) in [5, 5.41) is 18.7. The highest BCUT2D eigenvalue weighted by Gasteiger charge is 2.19. The molecule has 2 aromatic rings. The zero-order valence-corrected chi connectivity index (χ0v) is 13.8. The molecule has 1 amide bonds. The van der Waals surface area contributed by atoms with E-state index in [1.54, 1.807) is 13.0 Å². The van der Waals surface area contributed by atoms with Gasteiger partial charge in [-0.1, -0.05) is 6.07 Å². The molecule has 9 nitrogen and oxygen atoms in total. The fourth-order valence-electron chi connectivity index (χ4n) is 2.33. The van der Waals surface area contributed by atoms with Gasteiger partial charge in [-0.3, -0.25) is 9.59 Å². The summed E-state index contributed by atoms with van der Waals surface area (Å²) < 4.78 is 10.8. The third-order valence-corrected chi connectivity index (χ3v) is 3.37. The summed E-state index contributed by atoms with van der Waals surface area (Å²) in [5.41, 5.74) is 10.3. The molecule has 0 saturated heterocycles. The number of nitrogens with two attached hydrogens (primary N) is 2. The second kappa shape index (κ2) is 7.73. The summed E-state index contributed by atoms with van der Waals surface area (Å²) in [6.45, 7) is 1.70. The average Bonchev–Trinajstić information content (AvgIpc) is 2.60. The quantitative estimate of drug-likeness (QED) is 0.684. The van der Waals surface area contributed by atoms with Crippen molar-refractivity contribution in [3.63, 3.8) is 0 Å². The van der Waals surface area contributed by atoms with Crippen LogP contribution in [0.2, 0.25) is 0 Å². The molecule has 9 heteroatoms. The van der Waals surface area contributed by atoms with Crippen molar-refractivity contribution in [2.24, 2.45) is 5.73 Å². The smallest absolute Gasteiger partial charge is 0.268 e. The van der Waals surface area contributed by atoms with E-state index in [1.807, 2.05) is 6.07 Å². The number of aromatic amines is 1. The van der Waals surface area contributed by atoms with E-state index in [1.165, 1.54) is 18.2 Å². The summed E-state index contributed by atoms with van der Waals surface area (Å²) in [5.74, 6) is -0.280. The first-order valence-electron chi connectivity index (χ1n) is 7.47. The molecule has 0 aliphatic carbocycles. The number of primary amides is 1. The molecule has 132 valence electrons. The van der Waals surface area contributed by atoms with Crippen LogP contribution in [0.15, 0.2) is 23.0 Å². The number of rotatable bonds is 6. The molecular weight excluding hydrogens is 338 g/mol. The molecule has 2 rings (SSSR count). The van der Waals surface area contributed by atoms with Crippen LogP contribution >= 0.6 is 0 Å². The van der Waals surface area contributed by atoms with Gasteiger partial charge in [0.1, 0.15) is 29.1 Å². The first kappa shape index (κ1) is 18.4. The van der Waals surface area contributed by atoms with E-state index in [4.69, 9.17) is 20.9 Å². The van der Waals surface area contributed by atoms with Gasteiger partial charge in [-0.15, -0.1) is 0 Å². The third kappa shape index (κ3) is 3.57. The number of aromatic nitrogens is 1. The Hall–Kier alpha value is -3.98. The van der Waals surface area contributed by atoms with Gasteiger partial charge < -0.3 is 25.9 Å². The Morgan fingerprint density at radius 1 is 1.19 bits per heavy atom. The molecule has 0 fully saturated rings. The molecule has 0 aliphatic rings. The number of nitrogens with zero attached hydrogens (tertiary/aromatic N) is 2. The van der Waals surface area contributed by atoms with Crippen LogP contribution in [0.1, 0.15) is 18.1 Å². The molecular formula is C17H15N5O4. The van der Waals surface area contributed by atoms with E-state index in [0.717, 1.165) is 0 Å². The van der Waals surface area contributed by atoms with E-state index in [-0.39, 0.29) is 40.6 Å². The number of nitriles is 2. The topological polar surface area (TPSA) is 168 Å². The SMILES string of the molecule is CCOc1cc(-c2c(C#N)c(N)[nH]c(=O)c2C#N)ccc1OCC(N)=O. The third-order valence-electron chi connectivity index (χ3n) is 3.37. The molecule has 0 unspecified atom stereocenters. The molecule has 1 heterocycles. The number of hydrogen-bond acceptors (Lipinski definition) is 7. The minimum absolute atomic E-state index is 0.0330. The summed E-state index contributed by atoms with van der Waals surface area (Å²) in [6, 6.07) is 8.19. The number of benzene rings is 1. The number of nitrogen functional groups attached to an aromatic ring is 1. The van der Waals surface area contributed by atoms with Crippen molar-refractivity contribution in [3.05, 3.63) is 39.7 Å². The number of carbonyl (C=O) groups excluding carboxylic acids is 1. The minimum Gasteiger partial charge on any atom is -0.490 e. The first-order valence-corrected chi connectivity index (χ1v) is 7.47. The van der Waals surface area contributed by atoms with Crippen molar-refractivity contribution in [1.82, 2.24) is 4.98 Å². The van der Waals surface area contributed by atoms with Gasteiger partial charge in [0.25, 0.3) is 11.5 Å². The van der Waals surface area contributed by atoms with Crippen LogP contribution in [0.4, 0.5) is 5.82 Å². The normalized spacial score (nSPS) is 9.81. The van der Waals surface area contributed by atoms with Crippen molar-refractivity contribution in [3.8, 4) is 34.8 Å². The molecule has 5 N–H and O–H groups in total. The Morgan fingerprint density at radius 3 is 2.46 bits per heavy atom. The Bertz CT molecular complexity index is 998. The number of amides is 1. The standard InChI is InChI=1S/C17H15N5O4/c1-2-25-13-5-9(3-4-12(13)26-8-14(20)23)15-10(6-18)16(21)22-17(24)11(15)7-19/h3-5H,2,8H2,1H3,(H2,20,23)(H3,21,22,24). The second-order valence-corrected chi connectivity index (χ2v) is 5.07. The minimum atomic E-state index is -0.703. The second-order valence-electron chi connectivity index (χ2n) is 5.07. The van der Waals surface area contributed by atoms with Crippen LogP contribution in [-0.2, 0) is 4.79 Å². The zero-order chi connectivity index (χ0) is 19.3. The van der Waals surface area contributed by atoms with Crippen LogP contribution in [-0.4, -0.2) is 24.1 Å². The number of H-pyrrole nitrogens is 1. The lowest BCUT2D eigenvalue weighted by Gasteiger charge is -2.14. The highest BCUT2D eigenvalue weighted by molar-refractivity contribution is 5.81. The molecule has 1 aromatic carbocycles. The monoisotopic (exact) mass is 353 g/mol. The molecule has 0 spiro atoms. The summed E-state index contributed by atoms with van der Waals surface area (Å²) in [7, 11) is 0. The largest absolute Gasteiger partial charge is 0.490 e. The van der Waals surface area contributed by atoms with Crippen LogP contribution in [0.5, 0.6) is 11.5 Å². The molecule has 0 radical (unpaired) electrons. The highest BCUT2D eigenvalue weighted by atomic mass is 16.5. The van der Waals surface area contributed by atoms with Crippen molar-refractivity contribution in [2.75, 3.05) is 18.9 Å². The van der Waals surface area contributed by atoms with Gasteiger partial charge in [-0.2, -0.15) is 10.5 Å². The lowest BCUT2D eigenvalue weighted by Crippen LogP contribution is -2.20. The summed E-state index contributed by atoms with van der Waals surface area (Å²) in [4.78, 5) is 25.2. The fourth-order valence-corrected chi connectivity index (χ4v) is 2.33. The van der Waals surface area contributed by atoms with E-state index < -0.39 is 11.5 Å². The molecule has 0 bridgehead atoms. The maximum absolute atomic E-state index is 12.0.